The number of non-ortho nitro benzene ring substituents is 1. The molecule has 0 saturated heterocycles. The second-order valence-corrected chi connectivity index (χ2v) is 9.07. The van der Waals surface area contributed by atoms with Gasteiger partial charge in [-0.15, -0.1) is 0 Å². The monoisotopic (exact) mass is 548 g/mol. The lowest BCUT2D eigenvalue weighted by Crippen LogP contribution is -2.12. The van der Waals surface area contributed by atoms with Crippen molar-refractivity contribution in [3.63, 3.8) is 0 Å². The zero-order chi connectivity index (χ0) is 26.0. The van der Waals surface area contributed by atoms with Crippen molar-refractivity contribution >= 4 is 52.1 Å². The van der Waals surface area contributed by atoms with Gasteiger partial charge < -0.3 is 14.5 Å². The van der Waals surface area contributed by atoms with Crippen LogP contribution in [0.3, 0.4) is 0 Å². The van der Waals surface area contributed by atoms with Gasteiger partial charge in [-0.3, -0.25) is 19.6 Å². The molecule has 0 unspecified atom stereocenters. The number of hydrogen-bond acceptors (Lipinski definition) is 6. The molecule has 0 aliphatic rings. The van der Waals surface area contributed by atoms with Crippen LogP contribution in [0.1, 0.15) is 33.3 Å². The highest BCUT2D eigenvalue weighted by atomic mass is 35.5. The van der Waals surface area contributed by atoms with E-state index in [0.717, 1.165) is 11.3 Å². The summed E-state index contributed by atoms with van der Waals surface area (Å²) in [6.45, 7) is 4.02. The van der Waals surface area contributed by atoms with Gasteiger partial charge in [0.15, 0.2) is 5.76 Å². The normalized spacial score (nSPS) is 10.9. The van der Waals surface area contributed by atoms with E-state index in [-0.39, 0.29) is 28.8 Å². The average molecular weight is 550 g/mol. The molecule has 1 N–H and O–H groups in total. The summed E-state index contributed by atoms with van der Waals surface area (Å²) in [4.78, 5) is 23.1. The van der Waals surface area contributed by atoms with Crippen LogP contribution in [0.25, 0.3) is 0 Å². The fourth-order valence-electron chi connectivity index (χ4n) is 3.46. The number of anilines is 1. The Bertz CT molecular complexity index is 1460. The Balaban J connectivity index is 1.42. The molecule has 0 saturated carbocycles. The van der Waals surface area contributed by atoms with E-state index in [1.54, 1.807) is 29.8 Å². The lowest BCUT2D eigenvalue weighted by atomic mass is 10.2. The topological polar surface area (TPSA) is 112 Å². The quantitative estimate of drug-likeness (QED) is 0.190. The lowest BCUT2D eigenvalue weighted by Gasteiger charge is -2.08. The molecule has 9 nitrogen and oxygen atoms in total. The maximum Gasteiger partial charge on any atom is 0.291 e. The molecule has 1 amide bonds. The molecule has 0 spiro atoms. The predicted molar refractivity (Wildman–Crippen MR) is 136 cm³/mol. The standard InChI is InChI=1S/C24H19Cl3N4O5/c1-13-23(14(2)30(29-13)11-15-3-4-16(25)9-19(15)26)28-24(32)22-8-6-18(36-22)12-35-21-7-5-17(31(33)34)10-20(21)27/h3-10H,11-12H2,1-2H3,(H,28,32). The van der Waals surface area contributed by atoms with Gasteiger partial charge in [-0.25, -0.2) is 0 Å². The third-order valence-corrected chi connectivity index (χ3v) is 6.22. The van der Waals surface area contributed by atoms with Gasteiger partial charge in [-0.05, 0) is 49.7 Å². The Labute approximate surface area is 220 Å². The van der Waals surface area contributed by atoms with Gasteiger partial charge in [-0.1, -0.05) is 40.9 Å². The van der Waals surface area contributed by atoms with Crippen LogP contribution in [0.4, 0.5) is 11.4 Å². The zero-order valence-corrected chi connectivity index (χ0v) is 21.3. The van der Waals surface area contributed by atoms with E-state index < -0.39 is 10.8 Å². The number of benzene rings is 2. The van der Waals surface area contributed by atoms with Gasteiger partial charge >= 0.3 is 0 Å². The highest BCUT2D eigenvalue weighted by Gasteiger charge is 2.19. The van der Waals surface area contributed by atoms with Gasteiger partial charge in [0.05, 0.1) is 33.6 Å². The third kappa shape index (κ3) is 5.64. The summed E-state index contributed by atoms with van der Waals surface area (Å²) in [7, 11) is 0. The zero-order valence-electron chi connectivity index (χ0n) is 19.0. The molecule has 36 heavy (non-hydrogen) atoms. The average Bonchev–Trinajstić information content (AvgIpc) is 3.40. The van der Waals surface area contributed by atoms with Crippen LogP contribution < -0.4 is 10.1 Å². The number of carbonyl (C=O) groups excluding carboxylic acids is 1. The van der Waals surface area contributed by atoms with Crippen LogP contribution in [0.2, 0.25) is 15.1 Å². The Morgan fingerprint density at radius 3 is 2.58 bits per heavy atom. The number of hydrogen-bond donors (Lipinski definition) is 1. The number of amides is 1. The Morgan fingerprint density at radius 2 is 1.89 bits per heavy atom. The molecule has 0 fully saturated rings. The second kappa shape index (κ2) is 10.6. The number of aromatic nitrogens is 2. The maximum atomic E-state index is 12.8. The number of nitrogens with one attached hydrogen (secondary N) is 1. The molecule has 0 aliphatic heterocycles. The first-order chi connectivity index (χ1) is 17.1. The predicted octanol–water partition coefficient (Wildman–Crippen LogP) is 6.84. The molecule has 0 aliphatic carbocycles. The number of nitrogens with zero attached hydrogens (tertiary/aromatic N) is 3. The third-order valence-electron chi connectivity index (χ3n) is 5.34. The van der Waals surface area contributed by atoms with Gasteiger partial charge in [0, 0.05) is 22.2 Å². The molecular formula is C24H19Cl3N4O5. The van der Waals surface area contributed by atoms with Crippen LogP contribution in [0, 0.1) is 24.0 Å². The summed E-state index contributed by atoms with van der Waals surface area (Å²) < 4.78 is 12.9. The molecule has 0 radical (unpaired) electrons. The van der Waals surface area contributed by atoms with Gasteiger partial charge in [0.25, 0.3) is 11.6 Å². The van der Waals surface area contributed by atoms with E-state index in [4.69, 9.17) is 44.0 Å². The Kier molecular flexibility index (Phi) is 7.53. The van der Waals surface area contributed by atoms with Gasteiger partial charge in [-0.2, -0.15) is 5.10 Å². The second-order valence-electron chi connectivity index (χ2n) is 7.82. The van der Waals surface area contributed by atoms with Crippen LogP contribution in [0.5, 0.6) is 5.75 Å². The fourth-order valence-corrected chi connectivity index (χ4v) is 4.16. The molecule has 2 heterocycles. The molecule has 0 bridgehead atoms. The Hall–Kier alpha value is -3.53. The van der Waals surface area contributed by atoms with Crippen molar-refractivity contribution in [2.45, 2.75) is 27.0 Å². The van der Waals surface area contributed by atoms with Crippen molar-refractivity contribution in [2.75, 3.05) is 5.32 Å². The van der Waals surface area contributed by atoms with Crippen LogP contribution >= 0.6 is 34.8 Å². The molecule has 4 rings (SSSR count). The van der Waals surface area contributed by atoms with Crippen LogP contribution in [-0.4, -0.2) is 20.6 Å². The summed E-state index contributed by atoms with van der Waals surface area (Å²) in [5, 5.41) is 19.4. The minimum Gasteiger partial charge on any atom is -0.484 e. The fraction of sp³-hybridized carbons (Fsp3) is 0.167. The number of ether oxygens (including phenoxy) is 1. The summed E-state index contributed by atoms with van der Waals surface area (Å²) >= 11 is 18.3. The molecule has 186 valence electrons. The largest absolute Gasteiger partial charge is 0.484 e. The lowest BCUT2D eigenvalue weighted by molar-refractivity contribution is -0.384. The summed E-state index contributed by atoms with van der Waals surface area (Å²) in [6, 6.07) is 12.3. The molecule has 2 aromatic heterocycles. The molecular weight excluding hydrogens is 531 g/mol. The van der Waals surface area contributed by atoms with E-state index in [9.17, 15) is 14.9 Å². The van der Waals surface area contributed by atoms with E-state index in [1.807, 2.05) is 13.0 Å². The SMILES string of the molecule is Cc1nn(Cc2ccc(Cl)cc2Cl)c(C)c1NC(=O)c1ccc(COc2ccc([N+](=O)[O-])cc2Cl)o1. The van der Waals surface area contributed by atoms with Crippen molar-refractivity contribution < 1.29 is 18.9 Å². The molecule has 4 aromatic rings. The number of nitro benzene ring substituents is 1. The summed E-state index contributed by atoms with van der Waals surface area (Å²) in [5.74, 6) is 0.251. The van der Waals surface area contributed by atoms with Crippen molar-refractivity contribution in [3.8, 4) is 5.75 Å². The minimum absolute atomic E-state index is 0.0251. The number of aryl methyl sites for hydroxylation is 1. The van der Waals surface area contributed by atoms with Crippen molar-refractivity contribution in [3.05, 3.63) is 102 Å². The van der Waals surface area contributed by atoms with Crippen LogP contribution in [0.15, 0.2) is 52.9 Å². The van der Waals surface area contributed by atoms with E-state index in [2.05, 4.69) is 10.4 Å². The van der Waals surface area contributed by atoms with Crippen LogP contribution in [-0.2, 0) is 13.2 Å². The highest BCUT2D eigenvalue weighted by Crippen LogP contribution is 2.30. The van der Waals surface area contributed by atoms with Crippen molar-refractivity contribution in [2.24, 2.45) is 0 Å². The molecule has 0 atom stereocenters. The first kappa shape index (κ1) is 25.6. The van der Waals surface area contributed by atoms with Crippen molar-refractivity contribution in [1.82, 2.24) is 9.78 Å². The maximum absolute atomic E-state index is 12.8. The summed E-state index contributed by atoms with van der Waals surface area (Å²) in [5.41, 5.74) is 2.64. The smallest absolute Gasteiger partial charge is 0.291 e. The number of nitro groups is 1. The number of furan rings is 1. The van der Waals surface area contributed by atoms with E-state index in [0.29, 0.717) is 33.7 Å². The molecule has 2 aromatic carbocycles. The molecule has 12 heteroatoms. The highest BCUT2D eigenvalue weighted by molar-refractivity contribution is 6.35. The number of carbonyl (C=O) groups is 1. The minimum atomic E-state index is -0.549. The number of halogens is 3. The van der Waals surface area contributed by atoms with E-state index in [1.165, 1.54) is 24.3 Å². The van der Waals surface area contributed by atoms with Crippen molar-refractivity contribution in [1.29, 1.82) is 0 Å². The first-order valence-electron chi connectivity index (χ1n) is 10.6. The van der Waals surface area contributed by atoms with E-state index >= 15 is 0 Å². The number of rotatable bonds is 8. The summed E-state index contributed by atoms with van der Waals surface area (Å²) in [6.07, 6.45) is 0. The van der Waals surface area contributed by atoms with Gasteiger partial charge in [0.2, 0.25) is 0 Å². The first-order valence-corrected chi connectivity index (χ1v) is 11.7. The Morgan fingerprint density at radius 1 is 1.11 bits per heavy atom. The van der Waals surface area contributed by atoms with Gasteiger partial charge in [0.1, 0.15) is 18.1 Å².